The minimum atomic E-state index is -0.286. The van der Waals surface area contributed by atoms with E-state index >= 15 is 0 Å². The van der Waals surface area contributed by atoms with Crippen LogP contribution in [0.15, 0.2) is 35.5 Å². The van der Waals surface area contributed by atoms with Gasteiger partial charge in [0.15, 0.2) is 5.65 Å². The van der Waals surface area contributed by atoms with Crippen LogP contribution in [0.5, 0.6) is 0 Å². The van der Waals surface area contributed by atoms with Gasteiger partial charge in [0.1, 0.15) is 16.4 Å². The first kappa shape index (κ1) is 13.7. The van der Waals surface area contributed by atoms with Gasteiger partial charge in [0.05, 0.1) is 11.9 Å². The van der Waals surface area contributed by atoms with E-state index < -0.39 is 0 Å². The fraction of sp³-hybridized carbons (Fsp3) is 0.143. The van der Waals surface area contributed by atoms with Crippen molar-refractivity contribution in [3.63, 3.8) is 0 Å². The summed E-state index contributed by atoms with van der Waals surface area (Å²) in [6.07, 6.45) is 1.60. The Kier molecular flexibility index (Phi) is 3.66. The number of benzene rings is 1. The Morgan fingerprint density at radius 3 is 2.62 bits per heavy atom. The highest BCUT2D eigenvalue weighted by Crippen LogP contribution is 2.26. The van der Waals surface area contributed by atoms with E-state index in [2.05, 4.69) is 19.9 Å². The Hall–Kier alpha value is -2.28. The van der Waals surface area contributed by atoms with Crippen LogP contribution in [-0.4, -0.2) is 25.7 Å². The molecule has 2 aromatic heterocycles. The summed E-state index contributed by atoms with van der Waals surface area (Å²) in [5, 5.41) is 0.705. The maximum atomic E-state index is 13.0. The van der Waals surface area contributed by atoms with E-state index in [-0.39, 0.29) is 11.8 Å². The minimum absolute atomic E-state index is 0.183. The normalized spacial score (nSPS) is 11.0. The van der Waals surface area contributed by atoms with Gasteiger partial charge in [-0.2, -0.15) is 4.98 Å². The second kappa shape index (κ2) is 5.61. The average molecular weight is 301 g/mol. The van der Waals surface area contributed by atoms with Gasteiger partial charge in [-0.3, -0.25) is 0 Å². The van der Waals surface area contributed by atoms with E-state index in [9.17, 15) is 4.39 Å². The first-order chi connectivity index (χ1) is 10.2. The molecule has 0 spiro atoms. The molecule has 0 saturated heterocycles. The largest absolute Gasteiger partial charge is 0.368 e. The van der Waals surface area contributed by atoms with Gasteiger partial charge in [0.2, 0.25) is 5.95 Å². The molecule has 0 amide bonds. The first-order valence-corrected chi connectivity index (χ1v) is 7.35. The second-order valence-corrected chi connectivity index (χ2v) is 5.51. The van der Waals surface area contributed by atoms with Gasteiger partial charge in [0.25, 0.3) is 0 Å². The van der Waals surface area contributed by atoms with Crippen molar-refractivity contribution in [1.82, 2.24) is 19.9 Å². The molecule has 0 aliphatic rings. The zero-order valence-corrected chi connectivity index (χ0v) is 12.1. The summed E-state index contributed by atoms with van der Waals surface area (Å²) in [5.74, 6) is 0.738. The Labute approximate surface area is 124 Å². The van der Waals surface area contributed by atoms with Crippen molar-refractivity contribution < 1.29 is 4.39 Å². The number of aromatic nitrogens is 4. The van der Waals surface area contributed by atoms with Crippen LogP contribution in [0.4, 0.5) is 10.3 Å². The standard InChI is InChI=1S/C14H12FN5S/c1-2-21-13-11-12(19-14(16)20-13)17-7-10(18-11)8-3-5-9(15)6-4-8/h3-7H,2H2,1H3,(H2,16,17,19,20). The highest BCUT2D eigenvalue weighted by molar-refractivity contribution is 7.99. The minimum Gasteiger partial charge on any atom is -0.368 e. The number of hydrogen-bond acceptors (Lipinski definition) is 6. The molecular weight excluding hydrogens is 289 g/mol. The fourth-order valence-corrected chi connectivity index (χ4v) is 2.60. The number of halogens is 1. The lowest BCUT2D eigenvalue weighted by atomic mass is 10.1. The van der Waals surface area contributed by atoms with E-state index in [1.807, 2.05) is 6.92 Å². The summed E-state index contributed by atoms with van der Waals surface area (Å²) in [6.45, 7) is 2.02. The SMILES string of the molecule is CCSc1nc(N)nc2ncc(-c3ccc(F)cc3)nc12. The third kappa shape index (κ3) is 2.78. The van der Waals surface area contributed by atoms with E-state index in [0.717, 1.165) is 11.3 Å². The lowest BCUT2D eigenvalue weighted by Crippen LogP contribution is -2.01. The van der Waals surface area contributed by atoms with Crippen LogP contribution in [0.2, 0.25) is 0 Å². The summed E-state index contributed by atoms with van der Waals surface area (Å²) >= 11 is 1.53. The summed E-state index contributed by atoms with van der Waals surface area (Å²) in [6, 6.07) is 6.11. The predicted molar refractivity (Wildman–Crippen MR) is 81.3 cm³/mol. The molecule has 0 aliphatic heterocycles. The maximum absolute atomic E-state index is 13.0. The molecule has 0 bridgehead atoms. The predicted octanol–water partition coefficient (Wildman–Crippen LogP) is 2.92. The van der Waals surface area contributed by atoms with Gasteiger partial charge < -0.3 is 5.73 Å². The maximum Gasteiger partial charge on any atom is 0.223 e. The number of nitrogen functional groups attached to an aromatic ring is 1. The highest BCUT2D eigenvalue weighted by atomic mass is 32.2. The number of hydrogen-bond donors (Lipinski definition) is 1. The molecule has 1 aromatic carbocycles. The zero-order valence-electron chi connectivity index (χ0n) is 11.2. The van der Waals surface area contributed by atoms with Gasteiger partial charge in [-0.25, -0.2) is 19.3 Å². The molecule has 5 nitrogen and oxygen atoms in total. The average Bonchev–Trinajstić information content (AvgIpc) is 2.48. The van der Waals surface area contributed by atoms with Crippen molar-refractivity contribution in [1.29, 1.82) is 0 Å². The quantitative estimate of drug-likeness (QED) is 0.592. The monoisotopic (exact) mass is 301 g/mol. The van der Waals surface area contributed by atoms with Crippen LogP contribution >= 0.6 is 11.8 Å². The molecule has 2 N–H and O–H groups in total. The summed E-state index contributed by atoms with van der Waals surface area (Å²) < 4.78 is 13.0. The van der Waals surface area contributed by atoms with E-state index in [4.69, 9.17) is 5.73 Å². The lowest BCUT2D eigenvalue weighted by molar-refractivity contribution is 0.628. The van der Waals surface area contributed by atoms with Crippen LogP contribution in [0.25, 0.3) is 22.4 Å². The van der Waals surface area contributed by atoms with Gasteiger partial charge >= 0.3 is 0 Å². The second-order valence-electron chi connectivity index (χ2n) is 4.25. The number of fused-ring (bicyclic) bond motifs is 1. The fourth-order valence-electron chi connectivity index (χ4n) is 1.90. The number of rotatable bonds is 3. The summed E-state index contributed by atoms with van der Waals surface area (Å²) in [4.78, 5) is 17.1. The molecular formula is C14H12FN5S. The first-order valence-electron chi connectivity index (χ1n) is 6.36. The van der Waals surface area contributed by atoms with Gasteiger partial charge in [0, 0.05) is 5.56 Å². The smallest absolute Gasteiger partial charge is 0.223 e. The van der Waals surface area contributed by atoms with Crippen LogP contribution in [-0.2, 0) is 0 Å². The molecule has 2 heterocycles. The highest BCUT2D eigenvalue weighted by Gasteiger charge is 2.11. The van der Waals surface area contributed by atoms with Crippen molar-refractivity contribution >= 4 is 28.9 Å². The molecule has 0 aliphatic carbocycles. The number of thioether (sulfide) groups is 1. The number of nitrogens with zero attached hydrogens (tertiary/aromatic N) is 4. The van der Waals surface area contributed by atoms with E-state index in [1.165, 1.54) is 23.9 Å². The Balaban J connectivity index is 2.16. The summed E-state index contributed by atoms with van der Waals surface area (Å²) in [5.41, 5.74) is 8.18. The third-order valence-electron chi connectivity index (χ3n) is 2.81. The molecule has 21 heavy (non-hydrogen) atoms. The van der Waals surface area contributed by atoms with Crippen molar-refractivity contribution in [2.24, 2.45) is 0 Å². The van der Waals surface area contributed by atoms with E-state index in [0.29, 0.717) is 21.9 Å². The van der Waals surface area contributed by atoms with Crippen LogP contribution in [0.3, 0.4) is 0 Å². The molecule has 106 valence electrons. The van der Waals surface area contributed by atoms with E-state index in [1.54, 1.807) is 18.3 Å². The lowest BCUT2D eigenvalue weighted by Gasteiger charge is -2.06. The molecule has 0 saturated carbocycles. The Morgan fingerprint density at radius 2 is 1.90 bits per heavy atom. The van der Waals surface area contributed by atoms with Gasteiger partial charge in [-0.1, -0.05) is 6.92 Å². The summed E-state index contributed by atoms with van der Waals surface area (Å²) in [7, 11) is 0. The van der Waals surface area contributed by atoms with Crippen LogP contribution in [0.1, 0.15) is 6.92 Å². The molecule has 0 fully saturated rings. The zero-order chi connectivity index (χ0) is 14.8. The third-order valence-corrected chi connectivity index (χ3v) is 3.66. The van der Waals surface area contributed by atoms with Gasteiger partial charge in [-0.05, 0) is 30.0 Å². The molecule has 3 rings (SSSR count). The molecule has 7 heteroatoms. The molecule has 0 unspecified atom stereocenters. The van der Waals surface area contributed by atoms with Crippen LogP contribution < -0.4 is 5.73 Å². The Bertz CT molecular complexity index is 791. The number of nitrogens with two attached hydrogens (primary N) is 1. The van der Waals surface area contributed by atoms with Crippen LogP contribution in [0, 0.1) is 5.82 Å². The van der Waals surface area contributed by atoms with Crippen molar-refractivity contribution in [3.8, 4) is 11.3 Å². The van der Waals surface area contributed by atoms with Gasteiger partial charge in [-0.15, -0.1) is 11.8 Å². The van der Waals surface area contributed by atoms with Crippen molar-refractivity contribution in [3.05, 3.63) is 36.3 Å². The Morgan fingerprint density at radius 1 is 1.14 bits per heavy atom. The number of anilines is 1. The molecule has 0 atom stereocenters. The topological polar surface area (TPSA) is 77.6 Å². The molecule has 3 aromatic rings. The molecule has 0 radical (unpaired) electrons. The van der Waals surface area contributed by atoms with Crippen molar-refractivity contribution in [2.75, 3.05) is 11.5 Å². The van der Waals surface area contributed by atoms with Crippen molar-refractivity contribution in [2.45, 2.75) is 11.9 Å².